The third-order valence-corrected chi connectivity index (χ3v) is 3.14. The first-order valence-corrected chi connectivity index (χ1v) is 6.56. The highest BCUT2D eigenvalue weighted by molar-refractivity contribution is 6.06. The maximum absolute atomic E-state index is 12.4. The highest BCUT2D eigenvalue weighted by Gasteiger charge is 2.21. The Kier molecular flexibility index (Phi) is 4.40. The van der Waals surface area contributed by atoms with Crippen molar-refractivity contribution in [2.75, 3.05) is 12.4 Å². The normalized spacial score (nSPS) is 10.3. The van der Waals surface area contributed by atoms with E-state index in [9.17, 15) is 14.9 Å². The number of carbonyl (C=O) groups is 1. The van der Waals surface area contributed by atoms with Gasteiger partial charge in [-0.3, -0.25) is 14.9 Å². The van der Waals surface area contributed by atoms with Gasteiger partial charge in [0.25, 0.3) is 11.6 Å². The molecule has 0 aliphatic carbocycles. The largest absolute Gasteiger partial charge is 0.495 e. The third kappa shape index (κ3) is 2.90. The van der Waals surface area contributed by atoms with Gasteiger partial charge in [0.05, 0.1) is 23.4 Å². The number of nitro groups is 1. The van der Waals surface area contributed by atoms with Crippen LogP contribution in [0.3, 0.4) is 0 Å². The summed E-state index contributed by atoms with van der Waals surface area (Å²) in [5.74, 6) is 0.263. The van der Waals surface area contributed by atoms with E-state index >= 15 is 0 Å². The van der Waals surface area contributed by atoms with E-state index in [0.29, 0.717) is 29.2 Å². The molecule has 0 aliphatic heterocycles. The molecule has 0 radical (unpaired) electrons. The lowest BCUT2D eigenvalue weighted by atomic mass is 10.1. The first kappa shape index (κ1) is 15.5. The number of non-ortho nitro benzene ring substituents is 1. The molecule has 0 saturated carbocycles. The van der Waals surface area contributed by atoms with Crippen LogP contribution in [0.2, 0.25) is 0 Å². The van der Waals surface area contributed by atoms with E-state index in [1.54, 1.807) is 6.92 Å². The van der Waals surface area contributed by atoms with Crippen molar-refractivity contribution in [3.05, 3.63) is 45.3 Å². The van der Waals surface area contributed by atoms with Crippen molar-refractivity contribution in [2.45, 2.75) is 20.3 Å². The Morgan fingerprint density at radius 2 is 2.23 bits per heavy atom. The molecule has 116 valence electrons. The van der Waals surface area contributed by atoms with Crippen molar-refractivity contribution < 1.29 is 19.0 Å². The number of benzene rings is 1. The zero-order valence-corrected chi connectivity index (χ0v) is 12.4. The summed E-state index contributed by atoms with van der Waals surface area (Å²) < 4.78 is 10.1. The number of aryl methyl sites for hydroxylation is 2. The Morgan fingerprint density at radius 3 is 2.82 bits per heavy atom. The minimum Gasteiger partial charge on any atom is -0.495 e. The molecule has 1 N–H and O–H groups in total. The van der Waals surface area contributed by atoms with Gasteiger partial charge in [0.1, 0.15) is 17.1 Å². The van der Waals surface area contributed by atoms with E-state index in [-0.39, 0.29) is 11.4 Å². The predicted molar refractivity (Wildman–Crippen MR) is 78.2 cm³/mol. The van der Waals surface area contributed by atoms with Crippen molar-refractivity contribution >= 4 is 17.3 Å². The number of nitrogens with zero attached hydrogens (tertiary/aromatic N) is 2. The first-order valence-electron chi connectivity index (χ1n) is 6.56. The zero-order valence-electron chi connectivity index (χ0n) is 12.4. The molecule has 1 amide bonds. The van der Waals surface area contributed by atoms with Gasteiger partial charge < -0.3 is 14.6 Å². The molecule has 0 unspecified atom stereocenters. The summed E-state index contributed by atoms with van der Waals surface area (Å²) in [6.07, 6.45) is 0.534. The molecule has 1 heterocycles. The molecular formula is C14H15N3O5. The number of nitro benzene ring substituents is 1. The molecule has 2 rings (SSSR count). The molecule has 8 heteroatoms. The number of carbonyl (C=O) groups excluding carboxylic acids is 1. The molecule has 0 atom stereocenters. The van der Waals surface area contributed by atoms with Crippen LogP contribution < -0.4 is 10.1 Å². The molecule has 0 aliphatic rings. The van der Waals surface area contributed by atoms with Gasteiger partial charge in [0.2, 0.25) is 0 Å². The zero-order chi connectivity index (χ0) is 16.3. The van der Waals surface area contributed by atoms with E-state index in [2.05, 4.69) is 10.5 Å². The summed E-state index contributed by atoms with van der Waals surface area (Å²) in [6, 6.07) is 3.97. The number of aromatic nitrogens is 1. The molecular weight excluding hydrogens is 290 g/mol. The van der Waals surface area contributed by atoms with Crippen molar-refractivity contribution in [2.24, 2.45) is 0 Å². The van der Waals surface area contributed by atoms with E-state index in [4.69, 9.17) is 9.26 Å². The van der Waals surface area contributed by atoms with E-state index < -0.39 is 10.8 Å². The summed E-state index contributed by atoms with van der Waals surface area (Å²) in [5, 5.41) is 17.3. The number of hydrogen-bond acceptors (Lipinski definition) is 6. The Labute approximate surface area is 126 Å². The Morgan fingerprint density at radius 1 is 1.50 bits per heavy atom. The summed E-state index contributed by atoms with van der Waals surface area (Å²) in [6.45, 7) is 3.48. The molecule has 1 aromatic heterocycles. The predicted octanol–water partition coefficient (Wildman–Crippen LogP) is 2.71. The smallest absolute Gasteiger partial charge is 0.271 e. The summed E-state index contributed by atoms with van der Waals surface area (Å²) in [5.41, 5.74) is 0.925. The second-order valence-corrected chi connectivity index (χ2v) is 4.51. The monoisotopic (exact) mass is 305 g/mol. The number of anilines is 1. The topological polar surface area (TPSA) is 108 Å². The van der Waals surface area contributed by atoms with Gasteiger partial charge in [0.15, 0.2) is 0 Å². The lowest BCUT2D eigenvalue weighted by Gasteiger charge is -2.10. The average molecular weight is 305 g/mol. The van der Waals surface area contributed by atoms with Crippen LogP contribution in [0.15, 0.2) is 22.7 Å². The molecule has 22 heavy (non-hydrogen) atoms. The second kappa shape index (κ2) is 6.25. The van der Waals surface area contributed by atoms with Crippen LogP contribution in [0.1, 0.15) is 28.7 Å². The van der Waals surface area contributed by atoms with Crippen LogP contribution >= 0.6 is 0 Å². The van der Waals surface area contributed by atoms with Crippen molar-refractivity contribution in [1.29, 1.82) is 0 Å². The van der Waals surface area contributed by atoms with Gasteiger partial charge in [-0.2, -0.15) is 0 Å². The standard InChI is InChI=1S/C14H15N3O5/c1-4-10-13(8(2)22-16-10)14(18)15-11-7-9(17(19)20)5-6-12(11)21-3/h5-7H,4H2,1-3H3,(H,15,18). The highest BCUT2D eigenvalue weighted by Crippen LogP contribution is 2.29. The molecule has 0 saturated heterocycles. The molecule has 2 aromatic rings. The first-order chi connectivity index (χ1) is 10.5. The van der Waals surface area contributed by atoms with Crippen LogP contribution in [0.5, 0.6) is 5.75 Å². The Balaban J connectivity index is 2.37. The molecule has 0 fully saturated rings. The van der Waals surface area contributed by atoms with Gasteiger partial charge >= 0.3 is 0 Å². The lowest BCUT2D eigenvalue weighted by Crippen LogP contribution is -2.15. The fraction of sp³-hybridized carbons (Fsp3) is 0.286. The van der Waals surface area contributed by atoms with Gasteiger partial charge in [-0.15, -0.1) is 0 Å². The molecule has 8 nitrogen and oxygen atoms in total. The Bertz CT molecular complexity index is 723. The number of hydrogen-bond donors (Lipinski definition) is 1. The number of methoxy groups -OCH3 is 1. The third-order valence-electron chi connectivity index (χ3n) is 3.14. The fourth-order valence-electron chi connectivity index (χ4n) is 2.04. The highest BCUT2D eigenvalue weighted by atomic mass is 16.6. The van der Waals surface area contributed by atoms with Crippen LogP contribution in [0.25, 0.3) is 0 Å². The minimum absolute atomic E-state index is 0.145. The summed E-state index contributed by atoms with van der Waals surface area (Å²) in [7, 11) is 1.42. The van der Waals surface area contributed by atoms with E-state index in [0.717, 1.165) is 0 Å². The summed E-state index contributed by atoms with van der Waals surface area (Å²) in [4.78, 5) is 22.7. The second-order valence-electron chi connectivity index (χ2n) is 4.51. The van der Waals surface area contributed by atoms with Crippen LogP contribution in [-0.4, -0.2) is 23.1 Å². The van der Waals surface area contributed by atoms with Gasteiger partial charge in [-0.05, 0) is 19.4 Å². The minimum atomic E-state index is -0.544. The maximum atomic E-state index is 12.4. The number of amides is 1. The quantitative estimate of drug-likeness (QED) is 0.672. The van der Waals surface area contributed by atoms with Gasteiger partial charge in [-0.1, -0.05) is 12.1 Å². The summed E-state index contributed by atoms with van der Waals surface area (Å²) >= 11 is 0. The lowest BCUT2D eigenvalue weighted by molar-refractivity contribution is -0.384. The molecule has 0 spiro atoms. The van der Waals surface area contributed by atoms with E-state index in [1.807, 2.05) is 6.92 Å². The van der Waals surface area contributed by atoms with Crippen LogP contribution in [-0.2, 0) is 6.42 Å². The average Bonchev–Trinajstić information content (AvgIpc) is 2.88. The number of nitrogens with one attached hydrogen (secondary N) is 1. The molecule has 1 aromatic carbocycles. The number of rotatable bonds is 5. The van der Waals surface area contributed by atoms with Gasteiger partial charge in [-0.25, -0.2) is 0 Å². The van der Waals surface area contributed by atoms with Crippen molar-refractivity contribution in [1.82, 2.24) is 5.16 Å². The van der Waals surface area contributed by atoms with Gasteiger partial charge in [0, 0.05) is 12.1 Å². The van der Waals surface area contributed by atoms with Crippen molar-refractivity contribution in [3.63, 3.8) is 0 Å². The SMILES string of the molecule is CCc1noc(C)c1C(=O)Nc1cc([N+](=O)[O-])ccc1OC. The Hall–Kier alpha value is -2.90. The molecule has 0 bridgehead atoms. The van der Waals surface area contributed by atoms with Crippen molar-refractivity contribution in [3.8, 4) is 5.75 Å². The fourth-order valence-corrected chi connectivity index (χ4v) is 2.04. The van der Waals surface area contributed by atoms with Crippen LogP contribution in [0.4, 0.5) is 11.4 Å². The van der Waals surface area contributed by atoms with Crippen LogP contribution in [0, 0.1) is 17.0 Å². The maximum Gasteiger partial charge on any atom is 0.271 e. The number of ether oxygens (including phenoxy) is 1. The van der Waals surface area contributed by atoms with E-state index in [1.165, 1.54) is 25.3 Å².